The predicted molar refractivity (Wildman–Crippen MR) is 71.9 cm³/mol. The van der Waals surface area contributed by atoms with Crippen molar-refractivity contribution in [2.24, 2.45) is 0 Å². The van der Waals surface area contributed by atoms with Crippen LogP contribution in [0.1, 0.15) is 32.4 Å². The van der Waals surface area contributed by atoms with Crippen LogP contribution < -0.4 is 5.32 Å². The summed E-state index contributed by atoms with van der Waals surface area (Å²) in [7, 11) is 1.99. The van der Waals surface area contributed by atoms with Crippen molar-refractivity contribution < 1.29 is 0 Å². The first-order chi connectivity index (χ1) is 7.61. The Labute approximate surface area is 103 Å². The topological polar surface area (TPSA) is 29.9 Å². The molecule has 0 atom stereocenters. The minimum absolute atomic E-state index is 0.00396. The van der Waals surface area contributed by atoms with Crippen LogP contribution >= 0.6 is 11.8 Å². The maximum Gasteiger partial charge on any atom is 0.0948 e. The first kappa shape index (κ1) is 13.6. The Bertz CT molecular complexity index is 307. The molecule has 0 unspecified atom stereocenters. The van der Waals surface area contributed by atoms with E-state index in [0.29, 0.717) is 0 Å². The SMILES string of the molecule is CNC(C)(C)c1cncn1CCCCSC. The molecule has 1 heterocycles. The van der Waals surface area contributed by atoms with Gasteiger partial charge in [-0.15, -0.1) is 0 Å². The molecule has 1 rings (SSSR count). The van der Waals surface area contributed by atoms with Gasteiger partial charge in [0, 0.05) is 12.7 Å². The van der Waals surface area contributed by atoms with Crippen molar-refractivity contribution in [3.8, 4) is 0 Å². The Kier molecular flexibility index (Phi) is 5.35. The van der Waals surface area contributed by atoms with Gasteiger partial charge in [0.1, 0.15) is 0 Å². The van der Waals surface area contributed by atoms with Crippen molar-refractivity contribution in [2.75, 3.05) is 19.1 Å². The van der Waals surface area contributed by atoms with Crippen LogP contribution in [-0.2, 0) is 12.1 Å². The maximum atomic E-state index is 4.25. The molecule has 0 amide bonds. The summed E-state index contributed by atoms with van der Waals surface area (Å²) in [6, 6.07) is 0. The molecule has 0 bridgehead atoms. The molecule has 0 radical (unpaired) electrons. The average molecular weight is 241 g/mol. The number of hydrogen-bond donors (Lipinski definition) is 1. The second-order valence-electron chi connectivity index (χ2n) is 4.55. The van der Waals surface area contributed by atoms with Gasteiger partial charge in [-0.05, 0) is 45.7 Å². The summed E-state index contributed by atoms with van der Waals surface area (Å²) in [4.78, 5) is 4.25. The summed E-state index contributed by atoms with van der Waals surface area (Å²) in [5, 5.41) is 3.32. The Morgan fingerprint density at radius 1 is 1.44 bits per heavy atom. The summed E-state index contributed by atoms with van der Waals surface area (Å²) in [6.45, 7) is 5.44. The highest BCUT2D eigenvalue weighted by atomic mass is 32.2. The molecule has 4 heteroatoms. The van der Waals surface area contributed by atoms with Crippen molar-refractivity contribution in [3.05, 3.63) is 18.2 Å². The highest BCUT2D eigenvalue weighted by Gasteiger charge is 2.21. The van der Waals surface area contributed by atoms with Gasteiger partial charge in [0.15, 0.2) is 0 Å². The molecule has 1 N–H and O–H groups in total. The summed E-state index contributed by atoms with van der Waals surface area (Å²) in [6.07, 6.45) is 8.56. The van der Waals surface area contributed by atoms with Gasteiger partial charge < -0.3 is 9.88 Å². The smallest absolute Gasteiger partial charge is 0.0948 e. The summed E-state index contributed by atoms with van der Waals surface area (Å²) >= 11 is 1.92. The zero-order chi connectivity index (χ0) is 12.0. The zero-order valence-electron chi connectivity index (χ0n) is 10.8. The standard InChI is InChI=1S/C12H23N3S/c1-12(2,13-3)11-9-14-10-15(11)7-5-6-8-16-4/h9-10,13H,5-8H2,1-4H3. The molecule has 0 aliphatic carbocycles. The molecule has 3 nitrogen and oxygen atoms in total. The molecule has 16 heavy (non-hydrogen) atoms. The number of aryl methyl sites for hydroxylation is 1. The van der Waals surface area contributed by atoms with E-state index in [1.165, 1.54) is 24.3 Å². The first-order valence-corrected chi connectivity index (χ1v) is 7.19. The Morgan fingerprint density at radius 3 is 2.81 bits per heavy atom. The minimum atomic E-state index is -0.00396. The van der Waals surface area contributed by atoms with E-state index in [2.05, 4.69) is 35.0 Å². The van der Waals surface area contributed by atoms with Gasteiger partial charge in [-0.25, -0.2) is 4.98 Å². The Hall–Kier alpha value is -0.480. The third-order valence-electron chi connectivity index (χ3n) is 2.98. The third kappa shape index (κ3) is 3.52. The second kappa shape index (κ2) is 6.30. The van der Waals surface area contributed by atoms with Crippen LogP contribution in [0.15, 0.2) is 12.5 Å². The van der Waals surface area contributed by atoms with Crippen LogP contribution in [0.4, 0.5) is 0 Å². The van der Waals surface area contributed by atoms with E-state index < -0.39 is 0 Å². The van der Waals surface area contributed by atoms with Gasteiger partial charge in [0.05, 0.1) is 17.6 Å². The lowest BCUT2D eigenvalue weighted by Gasteiger charge is -2.25. The summed E-state index contributed by atoms with van der Waals surface area (Å²) in [5.41, 5.74) is 1.26. The first-order valence-electron chi connectivity index (χ1n) is 5.80. The summed E-state index contributed by atoms with van der Waals surface area (Å²) in [5.74, 6) is 1.25. The minimum Gasteiger partial charge on any atom is -0.333 e. The number of nitrogens with zero attached hydrogens (tertiary/aromatic N) is 2. The van der Waals surface area contributed by atoms with E-state index in [9.17, 15) is 0 Å². The number of aromatic nitrogens is 2. The van der Waals surface area contributed by atoms with Gasteiger partial charge in [-0.2, -0.15) is 11.8 Å². The average Bonchev–Trinajstić information content (AvgIpc) is 2.73. The summed E-state index contributed by atoms with van der Waals surface area (Å²) < 4.78 is 2.26. The Morgan fingerprint density at radius 2 is 2.19 bits per heavy atom. The largest absolute Gasteiger partial charge is 0.333 e. The molecule has 1 aromatic rings. The molecule has 0 aromatic carbocycles. The van der Waals surface area contributed by atoms with Crippen molar-refractivity contribution in [2.45, 2.75) is 38.8 Å². The molecule has 0 aliphatic heterocycles. The monoisotopic (exact) mass is 241 g/mol. The van der Waals surface area contributed by atoms with Crippen LogP contribution in [0.2, 0.25) is 0 Å². The fourth-order valence-corrected chi connectivity index (χ4v) is 2.17. The number of unbranched alkanes of at least 4 members (excludes halogenated alkanes) is 1. The second-order valence-corrected chi connectivity index (χ2v) is 5.53. The normalized spacial score (nSPS) is 12.0. The molecule has 0 saturated heterocycles. The number of imidazole rings is 1. The van der Waals surface area contributed by atoms with E-state index >= 15 is 0 Å². The van der Waals surface area contributed by atoms with Crippen molar-refractivity contribution in [3.63, 3.8) is 0 Å². The number of rotatable bonds is 7. The molecular formula is C12H23N3S. The van der Waals surface area contributed by atoms with Crippen LogP contribution in [0, 0.1) is 0 Å². The van der Waals surface area contributed by atoms with Crippen molar-refractivity contribution >= 4 is 11.8 Å². The van der Waals surface area contributed by atoms with Crippen LogP contribution in [0.5, 0.6) is 0 Å². The van der Waals surface area contributed by atoms with Gasteiger partial charge in [-0.1, -0.05) is 0 Å². The van der Waals surface area contributed by atoms with Crippen molar-refractivity contribution in [1.82, 2.24) is 14.9 Å². The van der Waals surface area contributed by atoms with Crippen molar-refractivity contribution in [1.29, 1.82) is 0 Å². The molecule has 0 aliphatic rings. The number of nitrogens with one attached hydrogen (secondary N) is 1. The Balaban J connectivity index is 2.57. The highest BCUT2D eigenvalue weighted by Crippen LogP contribution is 2.19. The fraction of sp³-hybridized carbons (Fsp3) is 0.750. The van der Waals surface area contributed by atoms with Gasteiger partial charge in [0.2, 0.25) is 0 Å². The van der Waals surface area contributed by atoms with Gasteiger partial charge in [-0.3, -0.25) is 0 Å². The molecule has 1 aromatic heterocycles. The van der Waals surface area contributed by atoms with Gasteiger partial charge >= 0.3 is 0 Å². The molecule has 92 valence electrons. The van der Waals surface area contributed by atoms with E-state index in [1.54, 1.807) is 0 Å². The van der Waals surface area contributed by atoms with E-state index in [1.807, 2.05) is 31.3 Å². The fourth-order valence-electron chi connectivity index (χ4n) is 1.68. The lowest BCUT2D eigenvalue weighted by atomic mass is 10.0. The molecule has 0 spiro atoms. The highest BCUT2D eigenvalue weighted by molar-refractivity contribution is 7.98. The van der Waals surface area contributed by atoms with Gasteiger partial charge in [0.25, 0.3) is 0 Å². The van der Waals surface area contributed by atoms with Crippen LogP contribution in [-0.4, -0.2) is 28.6 Å². The van der Waals surface area contributed by atoms with E-state index in [4.69, 9.17) is 0 Å². The predicted octanol–water partition coefficient (Wildman–Crippen LogP) is 2.48. The zero-order valence-corrected chi connectivity index (χ0v) is 11.6. The molecule has 0 saturated carbocycles. The maximum absolute atomic E-state index is 4.25. The molecule has 0 fully saturated rings. The van der Waals surface area contributed by atoms with Crippen LogP contribution in [0.3, 0.4) is 0 Å². The van der Waals surface area contributed by atoms with E-state index in [-0.39, 0.29) is 5.54 Å². The lowest BCUT2D eigenvalue weighted by molar-refractivity contribution is 0.405. The number of thioether (sulfide) groups is 1. The quantitative estimate of drug-likeness (QED) is 0.744. The number of hydrogen-bond acceptors (Lipinski definition) is 3. The van der Waals surface area contributed by atoms with Crippen LogP contribution in [0.25, 0.3) is 0 Å². The van der Waals surface area contributed by atoms with E-state index in [0.717, 1.165) is 6.54 Å². The molecular weight excluding hydrogens is 218 g/mol. The lowest BCUT2D eigenvalue weighted by Crippen LogP contribution is -2.35. The third-order valence-corrected chi connectivity index (χ3v) is 3.67.